The molecule has 1 rings (SSSR count). The first-order chi connectivity index (χ1) is 8.12. The highest BCUT2D eigenvalue weighted by atomic mass is 32.2. The molecule has 1 aliphatic rings. The summed E-state index contributed by atoms with van der Waals surface area (Å²) in [4.78, 5) is 22.2. The van der Waals surface area contributed by atoms with Crippen LogP contribution in [0.3, 0.4) is 0 Å². The molecule has 0 spiro atoms. The second-order valence-corrected chi connectivity index (χ2v) is 7.54. The lowest BCUT2D eigenvalue weighted by Gasteiger charge is -2.24. The molecule has 18 heavy (non-hydrogen) atoms. The van der Waals surface area contributed by atoms with Crippen LogP contribution in [-0.4, -0.2) is 42.4 Å². The summed E-state index contributed by atoms with van der Waals surface area (Å²) in [6, 6.07) is 0. The van der Waals surface area contributed by atoms with Crippen LogP contribution in [0.4, 0.5) is 0 Å². The van der Waals surface area contributed by atoms with Crippen molar-refractivity contribution in [3.8, 4) is 0 Å². The normalized spacial score (nSPS) is 27.7. The minimum Gasteiger partial charge on any atom is -0.481 e. The van der Waals surface area contributed by atoms with Crippen molar-refractivity contribution in [1.29, 1.82) is 0 Å². The van der Waals surface area contributed by atoms with E-state index in [4.69, 9.17) is 5.11 Å². The number of amides is 1. The van der Waals surface area contributed by atoms with Crippen LogP contribution in [0.2, 0.25) is 0 Å². The fraction of sp³-hybridized carbons (Fsp3) is 0.818. The lowest BCUT2D eigenvalue weighted by molar-refractivity contribution is -0.138. The van der Waals surface area contributed by atoms with E-state index in [1.807, 2.05) is 0 Å². The number of carbonyl (C=O) groups is 2. The molecule has 2 unspecified atom stereocenters. The molecular weight excluding hydrogens is 258 g/mol. The fourth-order valence-electron chi connectivity index (χ4n) is 2.18. The Bertz CT molecular complexity index is 444. The van der Waals surface area contributed by atoms with Gasteiger partial charge < -0.3 is 10.4 Å². The standard InChI is InChI=1S/C11H19NO5S/c1-8(6-10(14)15)5-9(13)12-11(2)3-4-18(16,17)7-11/h8H,3-7H2,1-2H3,(H,12,13)(H,14,15). The van der Waals surface area contributed by atoms with E-state index < -0.39 is 21.3 Å². The Labute approximate surface area is 107 Å². The summed E-state index contributed by atoms with van der Waals surface area (Å²) in [6.07, 6.45) is 0.443. The number of rotatable bonds is 5. The van der Waals surface area contributed by atoms with E-state index in [9.17, 15) is 18.0 Å². The number of carboxylic acid groups (broad SMARTS) is 1. The number of aliphatic carboxylic acids is 1. The zero-order chi connectivity index (χ0) is 14.0. The third-order valence-electron chi connectivity index (χ3n) is 3.00. The topological polar surface area (TPSA) is 101 Å². The molecule has 7 heteroatoms. The van der Waals surface area contributed by atoms with Crippen LogP contribution in [0.15, 0.2) is 0 Å². The fourth-order valence-corrected chi connectivity index (χ4v) is 4.28. The zero-order valence-electron chi connectivity index (χ0n) is 10.6. The SMILES string of the molecule is CC(CC(=O)O)CC(=O)NC1(C)CCS(=O)(=O)C1. The Morgan fingerprint density at radius 2 is 2.00 bits per heavy atom. The molecule has 1 saturated heterocycles. The smallest absolute Gasteiger partial charge is 0.303 e. The van der Waals surface area contributed by atoms with Crippen LogP contribution in [-0.2, 0) is 19.4 Å². The summed E-state index contributed by atoms with van der Waals surface area (Å²) in [5, 5.41) is 11.3. The summed E-state index contributed by atoms with van der Waals surface area (Å²) in [6.45, 7) is 3.39. The Kier molecular flexibility index (Phi) is 4.37. The molecule has 0 aromatic heterocycles. The van der Waals surface area contributed by atoms with Gasteiger partial charge in [0.05, 0.1) is 17.0 Å². The van der Waals surface area contributed by atoms with Crippen molar-refractivity contribution < 1.29 is 23.1 Å². The molecule has 0 aliphatic carbocycles. The molecule has 1 amide bonds. The molecule has 0 radical (unpaired) electrons. The van der Waals surface area contributed by atoms with Gasteiger partial charge in [-0.15, -0.1) is 0 Å². The van der Waals surface area contributed by atoms with Gasteiger partial charge in [-0.3, -0.25) is 9.59 Å². The van der Waals surface area contributed by atoms with Gasteiger partial charge >= 0.3 is 5.97 Å². The van der Waals surface area contributed by atoms with Crippen molar-refractivity contribution in [1.82, 2.24) is 5.32 Å². The molecule has 2 N–H and O–H groups in total. The maximum absolute atomic E-state index is 11.7. The molecule has 0 aromatic rings. The average molecular weight is 277 g/mol. The summed E-state index contributed by atoms with van der Waals surface area (Å²) in [5.74, 6) is -1.44. The molecule has 2 atom stereocenters. The zero-order valence-corrected chi connectivity index (χ0v) is 11.4. The molecule has 104 valence electrons. The molecule has 0 aromatic carbocycles. The third kappa shape index (κ3) is 4.64. The predicted octanol–water partition coefficient (Wildman–Crippen LogP) is 0.181. The number of hydrogen-bond donors (Lipinski definition) is 2. The van der Waals surface area contributed by atoms with Gasteiger partial charge in [0.25, 0.3) is 0 Å². The first-order valence-electron chi connectivity index (χ1n) is 5.85. The summed E-state index contributed by atoms with van der Waals surface area (Å²) < 4.78 is 22.7. The van der Waals surface area contributed by atoms with Crippen molar-refractivity contribution in [2.75, 3.05) is 11.5 Å². The maximum Gasteiger partial charge on any atom is 0.303 e. The second kappa shape index (κ2) is 5.26. The number of carbonyl (C=O) groups excluding carboxylic acids is 1. The molecular formula is C11H19NO5S. The van der Waals surface area contributed by atoms with E-state index in [1.54, 1.807) is 13.8 Å². The lowest BCUT2D eigenvalue weighted by Crippen LogP contribution is -2.47. The minimum atomic E-state index is -3.06. The van der Waals surface area contributed by atoms with Crippen LogP contribution in [0.5, 0.6) is 0 Å². The third-order valence-corrected chi connectivity index (χ3v) is 4.90. The molecule has 1 aliphatic heterocycles. The summed E-state index contributed by atoms with van der Waals surface area (Å²) in [5.41, 5.74) is -0.709. The van der Waals surface area contributed by atoms with Gasteiger partial charge in [-0.1, -0.05) is 6.92 Å². The molecule has 0 saturated carbocycles. The van der Waals surface area contributed by atoms with Crippen LogP contribution >= 0.6 is 0 Å². The van der Waals surface area contributed by atoms with E-state index >= 15 is 0 Å². The van der Waals surface area contributed by atoms with Crippen LogP contribution in [0.1, 0.15) is 33.1 Å². The van der Waals surface area contributed by atoms with E-state index in [0.29, 0.717) is 6.42 Å². The first-order valence-corrected chi connectivity index (χ1v) is 7.67. The van der Waals surface area contributed by atoms with Gasteiger partial charge in [0, 0.05) is 12.8 Å². The quantitative estimate of drug-likeness (QED) is 0.746. The van der Waals surface area contributed by atoms with E-state index in [2.05, 4.69) is 5.32 Å². The number of nitrogens with one attached hydrogen (secondary N) is 1. The Balaban J connectivity index is 2.48. The van der Waals surface area contributed by atoms with E-state index in [1.165, 1.54) is 0 Å². The van der Waals surface area contributed by atoms with Crippen molar-refractivity contribution in [3.63, 3.8) is 0 Å². The van der Waals surface area contributed by atoms with E-state index in [0.717, 1.165) is 0 Å². The molecule has 6 nitrogen and oxygen atoms in total. The van der Waals surface area contributed by atoms with Crippen LogP contribution in [0, 0.1) is 5.92 Å². The van der Waals surface area contributed by atoms with Gasteiger partial charge in [-0.05, 0) is 19.3 Å². The van der Waals surface area contributed by atoms with E-state index in [-0.39, 0.29) is 36.2 Å². The van der Waals surface area contributed by atoms with Crippen LogP contribution in [0.25, 0.3) is 0 Å². The highest BCUT2D eigenvalue weighted by molar-refractivity contribution is 7.91. The summed E-state index contributed by atoms with van der Waals surface area (Å²) in [7, 11) is -3.06. The highest BCUT2D eigenvalue weighted by Crippen LogP contribution is 2.23. The average Bonchev–Trinajstić information content (AvgIpc) is 2.37. The van der Waals surface area contributed by atoms with Crippen molar-refractivity contribution in [3.05, 3.63) is 0 Å². The number of sulfone groups is 1. The lowest BCUT2D eigenvalue weighted by atomic mass is 9.99. The van der Waals surface area contributed by atoms with Crippen molar-refractivity contribution in [2.45, 2.75) is 38.6 Å². The molecule has 1 fully saturated rings. The van der Waals surface area contributed by atoms with Crippen molar-refractivity contribution >= 4 is 21.7 Å². The van der Waals surface area contributed by atoms with Gasteiger partial charge in [0.1, 0.15) is 0 Å². The first kappa shape index (κ1) is 14.9. The Morgan fingerprint density at radius 1 is 1.39 bits per heavy atom. The van der Waals surface area contributed by atoms with Crippen molar-refractivity contribution in [2.24, 2.45) is 5.92 Å². The van der Waals surface area contributed by atoms with Gasteiger partial charge in [-0.25, -0.2) is 8.42 Å². The Morgan fingerprint density at radius 3 is 2.44 bits per heavy atom. The largest absolute Gasteiger partial charge is 0.481 e. The monoisotopic (exact) mass is 277 g/mol. The predicted molar refractivity (Wildman–Crippen MR) is 65.9 cm³/mol. The Hall–Kier alpha value is -1.11. The molecule has 1 heterocycles. The van der Waals surface area contributed by atoms with Crippen LogP contribution < -0.4 is 5.32 Å². The maximum atomic E-state index is 11.7. The minimum absolute atomic E-state index is 0.0426. The number of hydrogen-bond acceptors (Lipinski definition) is 4. The second-order valence-electron chi connectivity index (χ2n) is 5.36. The highest BCUT2D eigenvalue weighted by Gasteiger charge is 2.39. The molecule has 0 bridgehead atoms. The van der Waals surface area contributed by atoms with Gasteiger partial charge in [-0.2, -0.15) is 0 Å². The van der Waals surface area contributed by atoms with Gasteiger partial charge in [0.2, 0.25) is 5.91 Å². The van der Waals surface area contributed by atoms with Gasteiger partial charge in [0.15, 0.2) is 9.84 Å². The number of carboxylic acids is 1. The summed E-state index contributed by atoms with van der Waals surface area (Å²) >= 11 is 0.